The van der Waals surface area contributed by atoms with Crippen LogP contribution in [0, 0.1) is 20.8 Å². The molecule has 1 N–H and O–H groups in total. The van der Waals surface area contributed by atoms with Crippen LogP contribution in [0.2, 0.25) is 0 Å². The molecule has 0 saturated heterocycles. The van der Waals surface area contributed by atoms with Crippen molar-refractivity contribution in [1.82, 2.24) is 14.4 Å². The Kier molecular flexibility index (Phi) is 4.05. The fourth-order valence-corrected chi connectivity index (χ4v) is 3.62. The average molecular weight is 362 g/mol. The molecule has 0 aliphatic rings. The molecule has 130 valence electrons. The molecule has 5 nitrogen and oxygen atoms in total. The summed E-state index contributed by atoms with van der Waals surface area (Å²) >= 11 is 1.42. The third-order valence-electron chi connectivity index (χ3n) is 4.45. The minimum Gasteiger partial charge on any atom is -0.296 e. The van der Waals surface area contributed by atoms with Gasteiger partial charge in [-0.15, -0.1) is 11.3 Å². The van der Waals surface area contributed by atoms with E-state index in [0.717, 1.165) is 16.9 Å². The first-order valence-electron chi connectivity index (χ1n) is 8.31. The zero-order valence-corrected chi connectivity index (χ0v) is 15.6. The van der Waals surface area contributed by atoms with Gasteiger partial charge in [0.25, 0.3) is 5.91 Å². The predicted octanol–water partition coefficient (Wildman–Crippen LogP) is 4.64. The quantitative estimate of drug-likeness (QED) is 0.578. The molecule has 4 rings (SSSR count). The van der Waals surface area contributed by atoms with Gasteiger partial charge in [0.1, 0.15) is 11.3 Å². The molecule has 0 fully saturated rings. The van der Waals surface area contributed by atoms with Crippen LogP contribution in [0.3, 0.4) is 0 Å². The van der Waals surface area contributed by atoms with Gasteiger partial charge in [-0.2, -0.15) is 0 Å². The number of carbonyl (C=O) groups is 1. The largest absolute Gasteiger partial charge is 0.296 e. The molecule has 1 amide bonds. The van der Waals surface area contributed by atoms with E-state index in [2.05, 4.69) is 47.3 Å². The zero-order chi connectivity index (χ0) is 18.3. The third-order valence-corrected chi connectivity index (χ3v) is 5.20. The molecule has 0 unspecified atom stereocenters. The lowest BCUT2D eigenvalue weighted by atomic mass is 10.1. The van der Waals surface area contributed by atoms with Crippen LogP contribution in [-0.2, 0) is 0 Å². The number of anilines is 1. The van der Waals surface area contributed by atoms with Gasteiger partial charge in [-0.1, -0.05) is 18.2 Å². The van der Waals surface area contributed by atoms with Crippen LogP contribution in [0.4, 0.5) is 5.13 Å². The number of carbonyl (C=O) groups excluding carboxylic acids is 1. The molecule has 4 aromatic rings. The number of nitrogens with zero attached hydrogens (tertiary/aromatic N) is 3. The summed E-state index contributed by atoms with van der Waals surface area (Å²) in [5.41, 5.74) is 6.37. The lowest BCUT2D eigenvalue weighted by Crippen LogP contribution is -2.15. The van der Waals surface area contributed by atoms with E-state index in [9.17, 15) is 4.79 Å². The molecule has 0 aliphatic carbocycles. The highest BCUT2D eigenvalue weighted by Crippen LogP contribution is 2.27. The van der Waals surface area contributed by atoms with E-state index in [1.807, 2.05) is 36.7 Å². The van der Waals surface area contributed by atoms with Crippen LogP contribution in [0.5, 0.6) is 0 Å². The molecular formula is C20H18N4OS. The van der Waals surface area contributed by atoms with E-state index in [-0.39, 0.29) is 5.91 Å². The van der Waals surface area contributed by atoms with E-state index in [1.54, 1.807) is 4.40 Å². The zero-order valence-electron chi connectivity index (χ0n) is 14.8. The third kappa shape index (κ3) is 2.88. The number of rotatable bonds is 3. The van der Waals surface area contributed by atoms with Gasteiger partial charge in [0.2, 0.25) is 0 Å². The summed E-state index contributed by atoms with van der Waals surface area (Å²) in [5.74, 6) is -0.206. The fraction of sp³-hybridized carbons (Fsp3) is 0.150. The lowest BCUT2D eigenvalue weighted by molar-refractivity contribution is 0.102. The van der Waals surface area contributed by atoms with Crippen LogP contribution < -0.4 is 5.32 Å². The Morgan fingerprint density at radius 2 is 1.92 bits per heavy atom. The van der Waals surface area contributed by atoms with Crippen LogP contribution >= 0.6 is 11.3 Å². The number of fused-ring (bicyclic) bond motifs is 1. The van der Waals surface area contributed by atoms with E-state index >= 15 is 0 Å². The Bertz CT molecular complexity index is 1130. The number of aryl methyl sites for hydroxylation is 3. The van der Waals surface area contributed by atoms with Gasteiger partial charge in [0.05, 0.1) is 11.4 Å². The van der Waals surface area contributed by atoms with E-state index < -0.39 is 0 Å². The molecule has 0 saturated carbocycles. The highest BCUT2D eigenvalue weighted by atomic mass is 32.1. The molecular weight excluding hydrogens is 344 g/mol. The molecule has 0 aliphatic heterocycles. The number of thiazole rings is 1. The van der Waals surface area contributed by atoms with Crippen molar-refractivity contribution >= 4 is 28.0 Å². The molecule has 3 heterocycles. The minimum atomic E-state index is -0.206. The number of amides is 1. The summed E-state index contributed by atoms with van der Waals surface area (Å²) in [5, 5.41) is 5.44. The van der Waals surface area contributed by atoms with Gasteiger partial charge >= 0.3 is 0 Å². The standard InChI is InChI=1S/C20H18N4OS/c1-12-7-8-15(10-13(12)2)16-11-26-20(22-16)23-19(25)18-14(3)21-17-6-4-5-9-24(17)18/h4-11H,1-3H3,(H,22,23,25). The van der Waals surface area contributed by atoms with Crippen molar-refractivity contribution in [3.8, 4) is 11.3 Å². The maximum atomic E-state index is 12.7. The van der Waals surface area contributed by atoms with Gasteiger partial charge in [0, 0.05) is 17.1 Å². The summed E-state index contributed by atoms with van der Waals surface area (Å²) < 4.78 is 1.79. The second-order valence-corrected chi connectivity index (χ2v) is 7.12. The highest BCUT2D eigenvalue weighted by molar-refractivity contribution is 7.14. The van der Waals surface area contributed by atoms with Crippen molar-refractivity contribution in [2.75, 3.05) is 5.32 Å². The first kappa shape index (κ1) is 16.5. The Morgan fingerprint density at radius 1 is 1.08 bits per heavy atom. The topological polar surface area (TPSA) is 59.3 Å². The summed E-state index contributed by atoms with van der Waals surface area (Å²) in [4.78, 5) is 21.7. The second-order valence-electron chi connectivity index (χ2n) is 6.27. The summed E-state index contributed by atoms with van der Waals surface area (Å²) in [6.45, 7) is 6.01. The first-order valence-corrected chi connectivity index (χ1v) is 9.19. The van der Waals surface area contributed by atoms with Crippen molar-refractivity contribution in [3.63, 3.8) is 0 Å². The lowest BCUT2D eigenvalue weighted by Gasteiger charge is -2.04. The van der Waals surface area contributed by atoms with Crippen LogP contribution in [0.25, 0.3) is 16.9 Å². The molecule has 3 aromatic heterocycles. The molecule has 0 bridgehead atoms. The monoisotopic (exact) mass is 362 g/mol. The number of hydrogen-bond acceptors (Lipinski definition) is 4. The fourth-order valence-electron chi connectivity index (χ4n) is 2.91. The van der Waals surface area contributed by atoms with Crippen LogP contribution in [-0.4, -0.2) is 20.3 Å². The number of aromatic nitrogens is 3. The maximum absolute atomic E-state index is 12.7. The molecule has 0 radical (unpaired) electrons. The van der Waals surface area contributed by atoms with Gasteiger partial charge in [-0.3, -0.25) is 14.5 Å². The smallest absolute Gasteiger partial charge is 0.276 e. The SMILES string of the molecule is Cc1ccc(-c2csc(NC(=O)c3c(C)nc4ccccn34)n2)cc1C. The number of pyridine rings is 1. The number of hydrogen-bond donors (Lipinski definition) is 1. The number of imidazole rings is 1. The molecule has 1 aromatic carbocycles. The van der Waals surface area contributed by atoms with E-state index in [1.165, 1.54) is 22.5 Å². The van der Waals surface area contributed by atoms with Crippen molar-refractivity contribution in [1.29, 1.82) is 0 Å². The number of nitrogens with one attached hydrogen (secondary N) is 1. The molecule has 26 heavy (non-hydrogen) atoms. The van der Waals surface area contributed by atoms with Gasteiger partial charge in [-0.25, -0.2) is 9.97 Å². The maximum Gasteiger partial charge on any atom is 0.276 e. The molecule has 0 atom stereocenters. The summed E-state index contributed by atoms with van der Waals surface area (Å²) in [7, 11) is 0. The highest BCUT2D eigenvalue weighted by Gasteiger charge is 2.17. The van der Waals surface area contributed by atoms with Crippen molar-refractivity contribution in [3.05, 3.63) is 70.5 Å². The van der Waals surface area contributed by atoms with Crippen LogP contribution in [0.15, 0.2) is 48.0 Å². The Hall–Kier alpha value is -2.99. The summed E-state index contributed by atoms with van der Waals surface area (Å²) in [6.07, 6.45) is 1.84. The second kappa shape index (κ2) is 6.38. The normalized spacial score (nSPS) is 11.0. The Labute approximate surface area is 155 Å². The van der Waals surface area contributed by atoms with Gasteiger partial charge in [0.15, 0.2) is 5.13 Å². The van der Waals surface area contributed by atoms with Gasteiger partial charge < -0.3 is 0 Å². The van der Waals surface area contributed by atoms with Crippen molar-refractivity contribution < 1.29 is 4.79 Å². The summed E-state index contributed by atoms with van der Waals surface area (Å²) in [6, 6.07) is 11.9. The molecule has 0 spiro atoms. The minimum absolute atomic E-state index is 0.206. The number of benzene rings is 1. The van der Waals surface area contributed by atoms with E-state index in [4.69, 9.17) is 0 Å². The first-order chi connectivity index (χ1) is 12.5. The molecule has 6 heteroatoms. The van der Waals surface area contributed by atoms with Crippen LogP contribution in [0.1, 0.15) is 27.3 Å². The predicted molar refractivity (Wildman–Crippen MR) is 105 cm³/mol. The van der Waals surface area contributed by atoms with E-state index in [0.29, 0.717) is 16.5 Å². The van der Waals surface area contributed by atoms with Crippen molar-refractivity contribution in [2.24, 2.45) is 0 Å². The Morgan fingerprint density at radius 3 is 2.73 bits per heavy atom. The average Bonchev–Trinajstić information content (AvgIpc) is 3.20. The van der Waals surface area contributed by atoms with Gasteiger partial charge in [-0.05, 0) is 50.1 Å². The van der Waals surface area contributed by atoms with Crippen molar-refractivity contribution in [2.45, 2.75) is 20.8 Å². The Balaban J connectivity index is 1.61.